The summed E-state index contributed by atoms with van der Waals surface area (Å²) in [7, 11) is 0. The molecule has 5 nitrogen and oxygen atoms in total. The number of carbonyl (C=O) groups is 1. The number of nitriles is 1. The minimum atomic E-state index is -0.765. The van der Waals surface area contributed by atoms with E-state index in [1.54, 1.807) is 25.1 Å². The number of nitrogen functional groups attached to an aromatic ring is 1. The van der Waals surface area contributed by atoms with Gasteiger partial charge in [-0.1, -0.05) is 12.1 Å². The molecule has 0 aliphatic carbocycles. The fraction of sp³-hybridized carbons (Fsp3) is 0.105. The molecule has 0 fully saturated rings. The van der Waals surface area contributed by atoms with Gasteiger partial charge in [0.2, 0.25) is 0 Å². The maximum atomic E-state index is 14.9. The second-order valence-corrected chi connectivity index (χ2v) is 5.28. The number of hydrogen-bond donors (Lipinski definition) is 1. The monoisotopic (exact) mass is 335 g/mol. The lowest BCUT2D eigenvalue weighted by molar-refractivity contribution is 0.0527. The first-order chi connectivity index (χ1) is 12.1. The summed E-state index contributed by atoms with van der Waals surface area (Å²) in [4.78, 5) is 16.1. The van der Waals surface area contributed by atoms with Crippen LogP contribution in [-0.4, -0.2) is 17.6 Å². The lowest BCUT2D eigenvalue weighted by atomic mass is 9.98. The number of anilines is 1. The summed E-state index contributed by atoms with van der Waals surface area (Å²) in [6.45, 7) is 1.82. The average molecular weight is 335 g/mol. The summed E-state index contributed by atoms with van der Waals surface area (Å²) in [5.41, 5.74) is 6.26. The molecule has 0 aliphatic rings. The summed E-state index contributed by atoms with van der Waals surface area (Å²) in [6, 6.07) is 11.9. The Kier molecular flexibility index (Phi) is 4.31. The lowest BCUT2D eigenvalue weighted by Crippen LogP contribution is -2.10. The Morgan fingerprint density at radius 2 is 2.12 bits per heavy atom. The van der Waals surface area contributed by atoms with E-state index >= 15 is 0 Å². The van der Waals surface area contributed by atoms with Gasteiger partial charge in [-0.15, -0.1) is 0 Å². The summed E-state index contributed by atoms with van der Waals surface area (Å²) >= 11 is 0. The molecule has 3 aromatic rings. The first-order valence-electron chi connectivity index (χ1n) is 7.61. The Bertz CT molecular complexity index is 1020. The minimum absolute atomic E-state index is 0.0381. The molecule has 0 amide bonds. The molecule has 2 aromatic carbocycles. The molecule has 6 heteroatoms. The van der Waals surface area contributed by atoms with E-state index in [4.69, 9.17) is 10.5 Å². The number of halogens is 1. The van der Waals surface area contributed by atoms with Gasteiger partial charge in [-0.3, -0.25) is 4.98 Å². The van der Waals surface area contributed by atoms with Crippen LogP contribution in [0.1, 0.15) is 22.8 Å². The maximum absolute atomic E-state index is 14.9. The zero-order valence-electron chi connectivity index (χ0n) is 13.4. The number of ether oxygens (including phenoxy) is 1. The molecule has 0 aliphatic heterocycles. The topological polar surface area (TPSA) is 89.0 Å². The molecule has 1 heterocycles. The van der Waals surface area contributed by atoms with Gasteiger partial charge in [-0.2, -0.15) is 5.26 Å². The number of nitrogens with two attached hydrogens (primary N) is 1. The Morgan fingerprint density at radius 1 is 1.32 bits per heavy atom. The Hall–Kier alpha value is -3.46. The summed E-state index contributed by atoms with van der Waals surface area (Å²) in [5.74, 6) is -1.45. The molecule has 2 N–H and O–H groups in total. The van der Waals surface area contributed by atoms with Gasteiger partial charge in [0.25, 0.3) is 0 Å². The predicted octanol–water partition coefficient (Wildman–Crippen LogP) is 3.67. The van der Waals surface area contributed by atoms with Crippen LogP contribution in [0.5, 0.6) is 0 Å². The van der Waals surface area contributed by atoms with Crippen molar-refractivity contribution in [3.05, 3.63) is 59.5 Å². The third-order valence-corrected chi connectivity index (χ3v) is 3.84. The van der Waals surface area contributed by atoms with Crippen molar-refractivity contribution in [2.45, 2.75) is 6.92 Å². The summed E-state index contributed by atoms with van der Waals surface area (Å²) in [6.07, 6.45) is 1.54. The quantitative estimate of drug-likeness (QED) is 0.583. The first kappa shape index (κ1) is 16.4. The van der Waals surface area contributed by atoms with Gasteiger partial charge in [-0.05, 0) is 36.6 Å². The number of esters is 1. The smallest absolute Gasteiger partial charge is 0.340 e. The van der Waals surface area contributed by atoms with Crippen molar-refractivity contribution in [2.24, 2.45) is 0 Å². The van der Waals surface area contributed by atoms with Gasteiger partial charge in [0.1, 0.15) is 0 Å². The fourth-order valence-corrected chi connectivity index (χ4v) is 2.69. The molecule has 0 saturated heterocycles. The first-order valence-corrected chi connectivity index (χ1v) is 7.61. The number of rotatable bonds is 3. The van der Waals surface area contributed by atoms with E-state index in [1.165, 1.54) is 18.3 Å². The van der Waals surface area contributed by atoms with Gasteiger partial charge in [0.05, 0.1) is 35.2 Å². The molecule has 0 unspecified atom stereocenters. The number of pyridine rings is 1. The molecule has 0 radical (unpaired) electrons. The molecule has 25 heavy (non-hydrogen) atoms. The number of hydrogen-bond acceptors (Lipinski definition) is 5. The lowest BCUT2D eigenvalue weighted by Gasteiger charge is -2.12. The van der Waals surface area contributed by atoms with Crippen LogP contribution >= 0.6 is 0 Å². The average Bonchev–Trinajstić information content (AvgIpc) is 2.63. The third kappa shape index (κ3) is 2.76. The number of nitrogens with zero attached hydrogens (tertiary/aromatic N) is 2. The SMILES string of the molecule is CCOC(=O)c1ccc(-c2nccc3cccc(C#N)c23)c(F)c1N. The van der Waals surface area contributed by atoms with Crippen molar-refractivity contribution < 1.29 is 13.9 Å². The van der Waals surface area contributed by atoms with Crippen LogP contribution < -0.4 is 5.73 Å². The molecule has 124 valence electrons. The Morgan fingerprint density at radius 3 is 2.84 bits per heavy atom. The standard InChI is InChI=1S/C19H14FN3O2/c1-2-25-19(24)14-7-6-13(16(20)17(14)22)18-15-11(8-9-23-18)4-3-5-12(15)10-21/h3-9H,2,22H2,1H3. The van der Waals surface area contributed by atoms with Crippen LogP contribution in [0.3, 0.4) is 0 Å². The molecule has 0 spiro atoms. The van der Waals surface area contributed by atoms with E-state index in [0.717, 1.165) is 5.39 Å². The van der Waals surface area contributed by atoms with E-state index in [1.807, 2.05) is 6.07 Å². The van der Waals surface area contributed by atoms with E-state index in [9.17, 15) is 14.4 Å². The molecule has 0 saturated carbocycles. The highest BCUT2D eigenvalue weighted by Crippen LogP contribution is 2.33. The minimum Gasteiger partial charge on any atom is -0.462 e. The number of carbonyl (C=O) groups excluding carboxylic acids is 1. The van der Waals surface area contributed by atoms with Crippen LogP contribution in [0, 0.1) is 17.1 Å². The zero-order valence-corrected chi connectivity index (χ0v) is 13.4. The van der Waals surface area contributed by atoms with Crippen molar-refractivity contribution in [2.75, 3.05) is 12.3 Å². The van der Waals surface area contributed by atoms with E-state index < -0.39 is 11.8 Å². The molecular weight excluding hydrogens is 321 g/mol. The number of aromatic nitrogens is 1. The molecular formula is C19H14FN3O2. The van der Waals surface area contributed by atoms with Crippen molar-refractivity contribution in [1.29, 1.82) is 5.26 Å². The van der Waals surface area contributed by atoms with Gasteiger partial charge in [0, 0.05) is 17.1 Å². The summed E-state index contributed by atoms with van der Waals surface area (Å²) in [5, 5.41) is 10.6. The van der Waals surface area contributed by atoms with Crippen LogP contribution in [0.25, 0.3) is 22.0 Å². The highest BCUT2D eigenvalue weighted by atomic mass is 19.1. The van der Waals surface area contributed by atoms with Crippen molar-refractivity contribution >= 4 is 22.4 Å². The summed E-state index contributed by atoms with van der Waals surface area (Å²) < 4.78 is 19.7. The highest BCUT2D eigenvalue weighted by Gasteiger charge is 2.20. The fourth-order valence-electron chi connectivity index (χ4n) is 2.69. The normalized spacial score (nSPS) is 10.4. The number of fused-ring (bicyclic) bond motifs is 1. The predicted molar refractivity (Wildman–Crippen MR) is 92.2 cm³/mol. The molecule has 0 atom stereocenters. The molecule has 3 rings (SSSR count). The Balaban J connectivity index is 2.25. The second-order valence-electron chi connectivity index (χ2n) is 5.28. The van der Waals surface area contributed by atoms with Crippen molar-refractivity contribution in [1.82, 2.24) is 4.98 Å². The number of benzene rings is 2. The van der Waals surface area contributed by atoms with Gasteiger partial charge >= 0.3 is 5.97 Å². The van der Waals surface area contributed by atoms with Crippen LogP contribution in [-0.2, 0) is 4.74 Å². The Labute approximate surface area is 143 Å². The maximum Gasteiger partial charge on any atom is 0.340 e. The zero-order chi connectivity index (χ0) is 18.0. The highest BCUT2D eigenvalue weighted by molar-refractivity contribution is 6.01. The van der Waals surface area contributed by atoms with Gasteiger partial charge < -0.3 is 10.5 Å². The van der Waals surface area contributed by atoms with Gasteiger partial charge in [-0.25, -0.2) is 9.18 Å². The molecule has 0 bridgehead atoms. The van der Waals surface area contributed by atoms with Crippen LogP contribution in [0.15, 0.2) is 42.6 Å². The van der Waals surface area contributed by atoms with Crippen molar-refractivity contribution in [3.63, 3.8) is 0 Å². The van der Waals surface area contributed by atoms with Crippen LogP contribution in [0.4, 0.5) is 10.1 Å². The van der Waals surface area contributed by atoms with Gasteiger partial charge in [0.15, 0.2) is 5.82 Å². The van der Waals surface area contributed by atoms with E-state index in [0.29, 0.717) is 16.6 Å². The second kappa shape index (κ2) is 6.57. The van der Waals surface area contributed by atoms with Crippen LogP contribution in [0.2, 0.25) is 0 Å². The molecule has 1 aromatic heterocycles. The largest absolute Gasteiger partial charge is 0.462 e. The van der Waals surface area contributed by atoms with Crippen molar-refractivity contribution in [3.8, 4) is 17.3 Å². The van der Waals surface area contributed by atoms with E-state index in [2.05, 4.69) is 11.1 Å². The third-order valence-electron chi connectivity index (χ3n) is 3.84. The van der Waals surface area contributed by atoms with E-state index in [-0.39, 0.29) is 23.4 Å².